The minimum Gasteiger partial charge on any atom is -0.376 e. The van der Waals surface area contributed by atoms with Crippen LogP contribution in [0.15, 0.2) is 18.2 Å². The second-order valence-corrected chi connectivity index (χ2v) is 7.59. The third-order valence-corrected chi connectivity index (χ3v) is 4.83. The molecule has 130 valence electrons. The maximum atomic E-state index is 12.6. The van der Waals surface area contributed by atoms with Gasteiger partial charge in [0, 0.05) is 37.6 Å². The Morgan fingerprint density at radius 2 is 2.29 bits per heavy atom. The normalized spacial score (nSPS) is 20.2. The number of carbonyl (C=O) groups excluding carboxylic acids is 1. The summed E-state index contributed by atoms with van der Waals surface area (Å²) in [5, 5.41) is 0.687. The van der Waals surface area contributed by atoms with Gasteiger partial charge in [-0.05, 0) is 44.9 Å². The number of ether oxygens (including phenoxy) is 1. The van der Waals surface area contributed by atoms with Gasteiger partial charge >= 0.3 is 0 Å². The second kappa shape index (κ2) is 6.73. The van der Waals surface area contributed by atoms with Crippen molar-refractivity contribution in [1.29, 1.82) is 0 Å². The maximum Gasteiger partial charge on any atom is 0.225 e. The van der Waals surface area contributed by atoms with Gasteiger partial charge in [0.2, 0.25) is 5.91 Å². The molecule has 3 rings (SSSR count). The topological polar surface area (TPSA) is 58.2 Å². The van der Waals surface area contributed by atoms with Crippen molar-refractivity contribution in [3.63, 3.8) is 0 Å². The Hall–Kier alpha value is -1.59. The van der Waals surface area contributed by atoms with Gasteiger partial charge in [0.05, 0.1) is 16.6 Å². The predicted octanol–water partition coefficient (Wildman–Crippen LogP) is 3.42. The van der Waals surface area contributed by atoms with Crippen molar-refractivity contribution in [2.24, 2.45) is 5.92 Å². The number of nitrogens with one attached hydrogen (secondary N) is 1. The number of imidazole rings is 1. The molecule has 1 aliphatic heterocycles. The zero-order chi connectivity index (χ0) is 17.3. The fourth-order valence-corrected chi connectivity index (χ4v) is 3.46. The molecule has 0 bridgehead atoms. The van der Waals surface area contributed by atoms with Gasteiger partial charge in [0.15, 0.2) is 0 Å². The van der Waals surface area contributed by atoms with Gasteiger partial charge < -0.3 is 14.6 Å². The molecule has 6 heteroatoms. The first-order valence-corrected chi connectivity index (χ1v) is 8.75. The van der Waals surface area contributed by atoms with Crippen molar-refractivity contribution in [2.75, 3.05) is 20.2 Å². The highest BCUT2D eigenvalue weighted by atomic mass is 35.5. The third-order valence-electron chi connectivity index (χ3n) is 4.60. The van der Waals surface area contributed by atoms with E-state index in [1.54, 1.807) is 0 Å². The Labute approximate surface area is 147 Å². The van der Waals surface area contributed by atoms with Gasteiger partial charge in [-0.15, -0.1) is 0 Å². The highest BCUT2D eigenvalue weighted by Gasteiger charge is 2.34. The molecule has 1 aromatic carbocycles. The van der Waals surface area contributed by atoms with Crippen molar-refractivity contribution >= 4 is 28.5 Å². The highest BCUT2D eigenvalue weighted by Crippen LogP contribution is 2.29. The quantitative estimate of drug-likeness (QED) is 0.920. The van der Waals surface area contributed by atoms with E-state index in [1.165, 1.54) is 0 Å². The molecule has 1 saturated heterocycles. The molecule has 2 heterocycles. The van der Waals surface area contributed by atoms with E-state index in [2.05, 4.69) is 9.97 Å². The molecule has 0 radical (unpaired) electrons. The van der Waals surface area contributed by atoms with Crippen LogP contribution in [0.25, 0.3) is 11.0 Å². The van der Waals surface area contributed by atoms with Gasteiger partial charge in [0.25, 0.3) is 0 Å². The van der Waals surface area contributed by atoms with Crippen molar-refractivity contribution in [2.45, 2.75) is 38.7 Å². The summed E-state index contributed by atoms with van der Waals surface area (Å²) in [5.74, 6) is 1.12. The van der Waals surface area contributed by atoms with Crippen LogP contribution < -0.4 is 0 Å². The van der Waals surface area contributed by atoms with Crippen LogP contribution in [0.2, 0.25) is 5.02 Å². The van der Waals surface area contributed by atoms with Gasteiger partial charge in [-0.2, -0.15) is 0 Å². The van der Waals surface area contributed by atoms with Crippen LogP contribution in [-0.2, 0) is 16.0 Å². The van der Waals surface area contributed by atoms with E-state index in [4.69, 9.17) is 16.3 Å². The van der Waals surface area contributed by atoms with Gasteiger partial charge in [-0.25, -0.2) is 4.98 Å². The van der Waals surface area contributed by atoms with E-state index in [0.717, 1.165) is 29.7 Å². The van der Waals surface area contributed by atoms with E-state index in [0.29, 0.717) is 24.6 Å². The third kappa shape index (κ3) is 3.90. The average Bonchev–Trinajstić information content (AvgIpc) is 2.92. The molecule has 1 atom stereocenters. The molecule has 5 nitrogen and oxygen atoms in total. The Balaban J connectivity index is 1.59. The Morgan fingerprint density at radius 1 is 1.50 bits per heavy atom. The fraction of sp³-hybridized carbons (Fsp3) is 0.556. The van der Waals surface area contributed by atoms with Crippen LogP contribution in [0.5, 0.6) is 0 Å². The lowest BCUT2D eigenvalue weighted by Gasteiger charge is -2.36. The van der Waals surface area contributed by atoms with Crippen LogP contribution in [0.4, 0.5) is 0 Å². The first-order chi connectivity index (χ1) is 11.3. The summed E-state index contributed by atoms with van der Waals surface area (Å²) in [6.45, 7) is 5.39. The molecule has 2 aromatic rings. The van der Waals surface area contributed by atoms with E-state index >= 15 is 0 Å². The summed E-state index contributed by atoms with van der Waals surface area (Å²) in [5.41, 5.74) is 1.62. The van der Waals surface area contributed by atoms with Gasteiger partial charge in [0.1, 0.15) is 5.82 Å². The number of nitrogens with zero attached hydrogens (tertiary/aromatic N) is 2. The smallest absolute Gasteiger partial charge is 0.225 e. The summed E-state index contributed by atoms with van der Waals surface area (Å²) >= 11 is 6.00. The zero-order valence-electron chi connectivity index (χ0n) is 14.4. The van der Waals surface area contributed by atoms with E-state index < -0.39 is 0 Å². The SMILES string of the molecule is CN(CCc1nc2ccc(Cl)cc2[nH]1)C(=O)C1CCOC(C)(C)C1. The molecule has 1 aromatic heterocycles. The van der Waals surface area contributed by atoms with Crippen LogP contribution in [-0.4, -0.2) is 46.6 Å². The number of H-pyrrole nitrogens is 1. The Kier molecular flexibility index (Phi) is 4.83. The van der Waals surface area contributed by atoms with Gasteiger partial charge in [-0.3, -0.25) is 4.79 Å². The summed E-state index contributed by atoms with van der Waals surface area (Å²) in [6, 6.07) is 5.60. The molecule has 1 amide bonds. The van der Waals surface area contributed by atoms with E-state index in [-0.39, 0.29) is 17.4 Å². The highest BCUT2D eigenvalue weighted by molar-refractivity contribution is 6.31. The molecular formula is C18H24ClN3O2. The van der Waals surface area contributed by atoms with Crippen LogP contribution in [0, 0.1) is 5.92 Å². The Morgan fingerprint density at radius 3 is 3.04 bits per heavy atom. The number of rotatable bonds is 4. The number of fused-ring (bicyclic) bond motifs is 1. The Bertz CT molecular complexity index is 741. The van der Waals surface area contributed by atoms with E-state index in [1.807, 2.05) is 44.0 Å². The first-order valence-electron chi connectivity index (χ1n) is 8.37. The molecule has 0 saturated carbocycles. The van der Waals surface area contributed by atoms with Crippen LogP contribution >= 0.6 is 11.6 Å². The molecule has 24 heavy (non-hydrogen) atoms. The molecule has 1 N–H and O–H groups in total. The van der Waals surface area contributed by atoms with E-state index in [9.17, 15) is 4.79 Å². The minimum absolute atomic E-state index is 0.0493. The lowest BCUT2D eigenvalue weighted by atomic mass is 9.87. The minimum atomic E-state index is -0.211. The number of halogens is 1. The number of carbonyl (C=O) groups is 1. The first kappa shape index (κ1) is 17.2. The van der Waals surface area contributed by atoms with Crippen molar-refractivity contribution < 1.29 is 9.53 Å². The number of aromatic amines is 1. The molecule has 1 unspecified atom stereocenters. The number of aromatic nitrogens is 2. The lowest BCUT2D eigenvalue weighted by molar-refractivity contribution is -0.144. The predicted molar refractivity (Wildman–Crippen MR) is 95.2 cm³/mol. The van der Waals surface area contributed by atoms with Crippen molar-refractivity contribution in [3.05, 3.63) is 29.0 Å². The largest absolute Gasteiger partial charge is 0.376 e. The standard InChI is InChI=1S/C18H24ClN3O2/c1-18(2)11-12(7-9-24-18)17(23)22(3)8-6-16-20-14-5-4-13(19)10-15(14)21-16/h4-5,10,12H,6-9,11H2,1-3H3,(H,20,21). The zero-order valence-corrected chi connectivity index (χ0v) is 15.2. The summed E-state index contributed by atoms with van der Waals surface area (Å²) in [4.78, 5) is 22.3. The molecule has 0 spiro atoms. The maximum absolute atomic E-state index is 12.6. The number of hydrogen-bond acceptors (Lipinski definition) is 3. The summed E-state index contributed by atoms with van der Waals surface area (Å²) in [7, 11) is 1.87. The molecule has 1 aliphatic rings. The van der Waals surface area contributed by atoms with Crippen LogP contribution in [0.1, 0.15) is 32.5 Å². The summed E-state index contributed by atoms with van der Waals surface area (Å²) in [6.07, 6.45) is 2.27. The molecular weight excluding hydrogens is 326 g/mol. The fourth-order valence-electron chi connectivity index (χ4n) is 3.29. The monoisotopic (exact) mass is 349 g/mol. The number of likely N-dealkylation sites (N-methyl/N-ethyl adjacent to an activating group) is 1. The second-order valence-electron chi connectivity index (χ2n) is 7.15. The van der Waals surface area contributed by atoms with Crippen molar-refractivity contribution in [1.82, 2.24) is 14.9 Å². The molecule has 1 fully saturated rings. The molecule has 0 aliphatic carbocycles. The number of amides is 1. The average molecular weight is 350 g/mol. The van der Waals surface area contributed by atoms with Crippen molar-refractivity contribution in [3.8, 4) is 0 Å². The lowest BCUT2D eigenvalue weighted by Crippen LogP contribution is -2.42. The number of hydrogen-bond donors (Lipinski definition) is 1. The van der Waals surface area contributed by atoms with Crippen LogP contribution in [0.3, 0.4) is 0 Å². The number of benzene rings is 1. The van der Waals surface area contributed by atoms with Gasteiger partial charge in [-0.1, -0.05) is 11.6 Å². The summed E-state index contributed by atoms with van der Waals surface area (Å²) < 4.78 is 5.70.